The van der Waals surface area contributed by atoms with Gasteiger partial charge in [0.15, 0.2) is 17.6 Å². The van der Waals surface area contributed by atoms with Gasteiger partial charge in [-0.2, -0.15) is 5.10 Å². The number of thiophene rings is 1. The Kier molecular flexibility index (Phi) is 11.7. The molecule has 256 valence electrons. The van der Waals surface area contributed by atoms with Crippen LogP contribution in [0.4, 0.5) is 5.00 Å². The van der Waals surface area contributed by atoms with Crippen LogP contribution < -0.4 is 25.0 Å². The molecule has 3 aromatic carbocycles. The van der Waals surface area contributed by atoms with Crippen LogP contribution in [0.15, 0.2) is 71.8 Å². The van der Waals surface area contributed by atoms with E-state index in [1.807, 2.05) is 37.3 Å². The van der Waals surface area contributed by atoms with Crippen molar-refractivity contribution in [2.24, 2.45) is 11.0 Å². The van der Waals surface area contributed by atoms with E-state index in [1.165, 1.54) is 23.1 Å². The van der Waals surface area contributed by atoms with Crippen molar-refractivity contribution in [3.63, 3.8) is 0 Å². The molecule has 11 heteroatoms. The average molecular weight is 684 g/mol. The van der Waals surface area contributed by atoms with Crippen molar-refractivity contribution in [3.8, 4) is 17.2 Å². The number of esters is 1. The fourth-order valence-corrected chi connectivity index (χ4v) is 6.76. The molecule has 5 rings (SSSR count). The lowest BCUT2D eigenvalue weighted by molar-refractivity contribution is -0.127. The summed E-state index contributed by atoms with van der Waals surface area (Å²) in [4.78, 5) is 39.8. The minimum Gasteiger partial charge on any atom is -0.493 e. The number of anilines is 1. The van der Waals surface area contributed by atoms with Crippen molar-refractivity contribution in [1.82, 2.24) is 5.43 Å². The first-order valence-corrected chi connectivity index (χ1v) is 17.1. The maximum atomic E-state index is 13.2. The molecule has 1 aliphatic rings. The van der Waals surface area contributed by atoms with Gasteiger partial charge in [0.05, 0.1) is 25.5 Å². The fourth-order valence-electron chi connectivity index (χ4n) is 5.37. The number of fused-ring (bicyclic) bond motifs is 1. The summed E-state index contributed by atoms with van der Waals surface area (Å²) in [6.45, 7) is 8.25. The van der Waals surface area contributed by atoms with Crippen molar-refractivity contribution in [3.05, 3.63) is 105 Å². The van der Waals surface area contributed by atoms with Crippen LogP contribution in [-0.2, 0) is 29.0 Å². The van der Waals surface area contributed by atoms with Gasteiger partial charge in [-0.3, -0.25) is 9.59 Å². The molecule has 2 atom stereocenters. The molecule has 10 nitrogen and oxygen atoms in total. The van der Waals surface area contributed by atoms with Crippen molar-refractivity contribution >= 4 is 40.3 Å². The van der Waals surface area contributed by atoms with Gasteiger partial charge in [-0.25, -0.2) is 10.2 Å². The summed E-state index contributed by atoms with van der Waals surface area (Å²) < 4.78 is 22.5. The number of nitrogens with zero attached hydrogens (tertiary/aromatic N) is 1. The number of rotatable bonds is 13. The summed E-state index contributed by atoms with van der Waals surface area (Å²) in [7, 11) is 1.56. The molecular weight excluding hydrogens is 642 g/mol. The summed E-state index contributed by atoms with van der Waals surface area (Å²) in [5.41, 5.74) is 7.25. The standard InChI is InChI=1S/C38H41N3O7S/c1-6-46-38(44)34-30-17-9-24(3)19-33(30)49-37(34)40-36(43)28-13-15-29(16-14-28)48-25(4)35(42)41-39-21-27-12-18-31(32(20-27)45-5)47-22-26-10-7-23(2)8-11-26/h7-8,10-16,18,20-21,24-25H,6,9,17,19,22H2,1-5H3,(H,40,43)(H,41,42)/b39-21-/t24-,25-/m0/s1. The third-order valence-electron chi connectivity index (χ3n) is 8.11. The van der Waals surface area contributed by atoms with Crippen LogP contribution in [-0.4, -0.2) is 43.8 Å². The van der Waals surface area contributed by atoms with Gasteiger partial charge in [-0.05, 0) is 105 Å². The van der Waals surface area contributed by atoms with E-state index in [0.29, 0.717) is 51.5 Å². The van der Waals surface area contributed by atoms with Crippen LogP contribution >= 0.6 is 11.3 Å². The SMILES string of the molecule is CCOC(=O)c1c(NC(=O)c2ccc(O[C@@H](C)C(=O)N/N=C\c3ccc(OCc4ccc(C)cc4)c(OC)c3)cc2)sc2c1CC[C@H](C)C2. The number of methoxy groups -OCH3 is 1. The number of hydrazone groups is 1. The highest BCUT2D eigenvalue weighted by atomic mass is 32.1. The van der Waals surface area contributed by atoms with E-state index in [1.54, 1.807) is 57.4 Å². The predicted octanol–water partition coefficient (Wildman–Crippen LogP) is 7.12. The molecule has 0 radical (unpaired) electrons. The van der Waals surface area contributed by atoms with E-state index in [2.05, 4.69) is 22.8 Å². The molecule has 0 unspecified atom stereocenters. The molecular formula is C38H41N3O7S. The first kappa shape index (κ1) is 35.2. The quantitative estimate of drug-likeness (QED) is 0.0874. The Hall–Kier alpha value is -5.16. The molecule has 0 fully saturated rings. The summed E-state index contributed by atoms with van der Waals surface area (Å²) in [5, 5.41) is 7.49. The second-order valence-electron chi connectivity index (χ2n) is 11.9. The van der Waals surface area contributed by atoms with Crippen LogP contribution in [0.1, 0.15) is 75.0 Å². The van der Waals surface area contributed by atoms with E-state index < -0.39 is 18.0 Å². The maximum absolute atomic E-state index is 13.2. The Labute approximate surface area is 290 Å². The van der Waals surface area contributed by atoms with Crippen LogP contribution in [0.2, 0.25) is 0 Å². The van der Waals surface area contributed by atoms with Crippen LogP contribution in [0, 0.1) is 12.8 Å². The number of nitrogens with one attached hydrogen (secondary N) is 2. The number of hydrogen-bond donors (Lipinski definition) is 2. The molecule has 1 heterocycles. The summed E-state index contributed by atoms with van der Waals surface area (Å²) in [6.07, 6.45) is 3.28. The number of aryl methyl sites for hydroxylation is 1. The Bertz CT molecular complexity index is 1820. The third-order valence-corrected chi connectivity index (χ3v) is 9.28. The van der Waals surface area contributed by atoms with Gasteiger partial charge in [-0.1, -0.05) is 36.8 Å². The monoisotopic (exact) mass is 683 g/mol. The van der Waals surface area contributed by atoms with Crippen molar-refractivity contribution in [2.75, 3.05) is 19.0 Å². The normalized spacial score (nSPS) is 14.4. The summed E-state index contributed by atoms with van der Waals surface area (Å²) in [6, 6.07) is 19.9. The lowest BCUT2D eigenvalue weighted by Crippen LogP contribution is -2.33. The highest BCUT2D eigenvalue weighted by Gasteiger charge is 2.29. The van der Waals surface area contributed by atoms with Gasteiger partial charge < -0.3 is 24.3 Å². The van der Waals surface area contributed by atoms with E-state index in [4.69, 9.17) is 18.9 Å². The molecule has 2 amide bonds. The number of benzene rings is 3. The number of carbonyl (C=O) groups excluding carboxylic acids is 3. The number of hydrogen-bond acceptors (Lipinski definition) is 9. The van der Waals surface area contributed by atoms with E-state index >= 15 is 0 Å². The van der Waals surface area contributed by atoms with E-state index in [9.17, 15) is 14.4 Å². The zero-order chi connectivity index (χ0) is 34.9. The van der Waals surface area contributed by atoms with Gasteiger partial charge in [-0.15, -0.1) is 11.3 Å². The van der Waals surface area contributed by atoms with Crippen molar-refractivity contribution in [1.29, 1.82) is 0 Å². The molecule has 0 spiro atoms. The number of amides is 2. The second-order valence-corrected chi connectivity index (χ2v) is 13.0. The van der Waals surface area contributed by atoms with E-state index in [-0.39, 0.29) is 12.5 Å². The molecule has 0 saturated carbocycles. The first-order valence-electron chi connectivity index (χ1n) is 16.2. The average Bonchev–Trinajstić information content (AvgIpc) is 3.45. The summed E-state index contributed by atoms with van der Waals surface area (Å²) in [5.74, 6) is 0.836. The van der Waals surface area contributed by atoms with Gasteiger partial charge >= 0.3 is 5.97 Å². The van der Waals surface area contributed by atoms with Gasteiger partial charge in [0.25, 0.3) is 11.8 Å². The lowest BCUT2D eigenvalue weighted by atomic mass is 9.88. The fraction of sp³-hybridized carbons (Fsp3) is 0.316. The molecule has 1 aromatic heterocycles. The Morgan fingerprint density at radius 1 is 1.04 bits per heavy atom. The molecule has 4 aromatic rings. The Morgan fingerprint density at radius 2 is 1.80 bits per heavy atom. The molecule has 0 saturated heterocycles. The smallest absolute Gasteiger partial charge is 0.341 e. The minimum absolute atomic E-state index is 0.256. The van der Waals surface area contributed by atoms with Crippen LogP contribution in [0.5, 0.6) is 17.2 Å². The lowest BCUT2D eigenvalue weighted by Gasteiger charge is -2.18. The van der Waals surface area contributed by atoms with Crippen LogP contribution in [0.25, 0.3) is 0 Å². The second kappa shape index (κ2) is 16.3. The van der Waals surface area contributed by atoms with Crippen molar-refractivity contribution in [2.45, 2.75) is 59.7 Å². The van der Waals surface area contributed by atoms with Crippen LogP contribution in [0.3, 0.4) is 0 Å². The Morgan fingerprint density at radius 3 is 2.51 bits per heavy atom. The van der Waals surface area contributed by atoms with Crippen molar-refractivity contribution < 1.29 is 33.3 Å². The molecule has 49 heavy (non-hydrogen) atoms. The van der Waals surface area contributed by atoms with Gasteiger partial charge in [0, 0.05) is 10.4 Å². The molecule has 0 bridgehead atoms. The predicted molar refractivity (Wildman–Crippen MR) is 190 cm³/mol. The van der Waals surface area contributed by atoms with E-state index in [0.717, 1.165) is 35.3 Å². The first-order chi connectivity index (χ1) is 23.6. The topological polar surface area (TPSA) is 125 Å². The molecule has 0 aliphatic heterocycles. The zero-order valence-electron chi connectivity index (χ0n) is 28.3. The summed E-state index contributed by atoms with van der Waals surface area (Å²) >= 11 is 1.44. The third kappa shape index (κ3) is 9.05. The molecule has 1 aliphatic carbocycles. The Balaban J connectivity index is 1.14. The largest absolute Gasteiger partial charge is 0.493 e. The van der Waals surface area contributed by atoms with Gasteiger partial charge in [0.2, 0.25) is 0 Å². The zero-order valence-corrected chi connectivity index (χ0v) is 29.1. The maximum Gasteiger partial charge on any atom is 0.341 e. The minimum atomic E-state index is -0.865. The molecule has 2 N–H and O–H groups in total. The highest BCUT2D eigenvalue weighted by molar-refractivity contribution is 7.17. The van der Waals surface area contributed by atoms with Gasteiger partial charge in [0.1, 0.15) is 17.4 Å². The number of ether oxygens (including phenoxy) is 4. The number of carbonyl (C=O) groups is 3. The highest BCUT2D eigenvalue weighted by Crippen LogP contribution is 2.40.